The van der Waals surface area contributed by atoms with Crippen LogP contribution in [0.1, 0.15) is 87.3 Å². The van der Waals surface area contributed by atoms with Gasteiger partial charge >= 0.3 is 0 Å². The highest BCUT2D eigenvalue weighted by Crippen LogP contribution is 2.59. The molecule has 3 atom stereocenters. The molecule has 2 nitrogen and oxygen atoms in total. The van der Waals surface area contributed by atoms with E-state index in [1.807, 2.05) is 6.07 Å². The summed E-state index contributed by atoms with van der Waals surface area (Å²) in [7, 11) is 0. The van der Waals surface area contributed by atoms with E-state index in [9.17, 15) is 10.2 Å². The summed E-state index contributed by atoms with van der Waals surface area (Å²) in [5.41, 5.74) is 7.48. The van der Waals surface area contributed by atoms with E-state index in [4.69, 9.17) is 0 Å². The largest absolute Gasteiger partial charge is 0.508 e. The third-order valence-corrected chi connectivity index (χ3v) is 7.31. The predicted octanol–water partition coefficient (Wildman–Crippen LogP) is 5.54. The van der Waals surface area contributed by atoms with Crippen molar-refractivity contribution in [1.29, 1.82) is 0 Å². The number of fused-ring (bicyclic) bond motifs is 4. The van der Waals surface area contributed by atoms with Crippen LogP contribution >= 0.6 is 0 Å². The Morgan fingerprint density at radius 1 is 1.20 bits per heavy atom. The molecule has 25 heavy (non-hydrogen) atoms. The van der Waals surface area contributed by atoms with Crippen LogP contribution in [0.5, 0.6) is 5.75 Å². The van der Waals surface area contributed by atoms with Gasteiger partial charge in [-0.3, -0.25) is 0 Å². The van der Waals surface area contributed by atoms with Crippen molar-refractivity contribution >= 4 is 0 Å². The fourth-order valence-corrected chi connectivity index (χ4v) is 6.07. The number of benzene rings is 1. The number of phenols is 1. The van der Waals surface area contributed by atoms with Gasteiger partial charge in [-0.05, 0) is 80.0 Å². The Bertz CT molecular complexity index is 702. The maximum Gasteiger partial charge on any atom is 0.118 e. The lowest BCUT2D eigenvalue weighted by atomic mass is 9.61. The monoisotopic (exact) mass is 340 g/mol. The summed E-state index contributed by atoms with van der Waals surface area (Å²) in [6.07, 6.45) is 11.5. The molecule has 0 spiro atoms. The zero-order valence-electron chi connectivity index (χ0n) is 15.8. The van der Waals surface area contributed by atoms with E-state index < -0.39 is 0 Å². The second-order valence-electron chi connectivity index (χ2n) is 8.67. The second-order valence-corrected chi connectivity index (χ2v) is 8.67. The Morgan fingerprint density at radius 2 is 2.04 bits per heavy atom. The van der Waals surface area contributed by atoms with E-state index in [0.717, 1.165) is 31.2 Å². The minimum atomic E-state index is -0.133. The summed E-state index contributed by atoms with van der Waals surface area (Å²) < 4.78 is 0. The van der Waals surface area contributed by atoms with E-state index in [1.54, 1.807) is 11.1 Å². The van der Waals surface area contributed by atoms with Gasteiger partial charge in [0.15, 0.2) is 0 Å². The van der Waals surface area contributed by atoms with Gasteiger partial charge in [0.1, 0.15) is 5.75 Å². The van der Waals surface area contributed by atoms with Gasteiger partial charge in [-0.15, -0.1) is 0 Å². The van der Waals surface area contributed by atoms with Crippen LogP contribution in [0.3, 0.4) is 0 Å². The Hall–Kier alpha value is -1.28. The lowest BCUT2D eigenvalue weighted by molar-refractivity contribution is 0.147. The van der Waals surface area contributed by atoms with Crippen LogP contribution in [0, 0.1) is 12.3 Å². The highest BCUT2D eigenvalue weighted by Gasteiger charge is 2.48. The molecule has 1 aromatic carbocycles. The van der Waals surface area contributed by atoms with E-state index in [0.29, 0.717) is 17.1 Å². The number of allylic oxidation sites excluding steroid dienone is 1. The number of aliphatic hydroxyl groups is 1. The molecule has 0 heterocycles. The first-order valence-electron chi connectivity index (χ1n) is 10.3. The first kappa shape index (κ1) is 17.1. The fraction of sp³-hybridized carbons (Fsp3) is 0.652. The molecule has 136 valence electrons. The predicted molar refractivity (Wildman–Crippen MR) is 102 cm³/mol. The topological polar surface area (TPSA) is 40.5 Å². The van der Waals surface area contributed by atoms with Gasteiger partial charge in [-0.1, -0.05) is 43.4 Å². The Kier molecular flexibility index (Phi) is 4.43. The fourth-order valence-electron chi connectivity index (χ4n) is 6.07. The minimum absolute atomic E-state index is 0.133. The van der Waals surface area contributed by atoms with Gasteiger partial charge in [-0.2, -0.15) is 0 Å². The minimum Gasteiger partial charge on any atom is -0.508 e. The van der Waals surface area contributed by atoms with Crippen LogP contribution in [0.2, 0.25) is 0 Å². The van der Waals surface area contributed by atoms with Gasteiger partial charge < -0.3 is 10.2 Å². The smallest absolute Gasteiger partial charge is 0.118 e. The number of aliphatic hydroxyl groups excluding tert-OH is 1. The Morgan fingerprint density at radius 3 is 2.84 bits per heavy atom. The van der Waals surface area contributed by atoms with Crippen LogP contribution in [-0.2, 0) is 6.42 Å². The van der Waals surface area contributed by atoms with Crippen LogP contribution in [-0.4, -0.2) is 16.3 Å². The third kappa shape index (κ3) is 2.73. The van der Waals surface area contributed by atoms with Crippen LogP contribution < -0.4 is 0 Å². The van der Waals surface area contributed by atoms with Crippen molar-refractivity contribution in [2.24, 2.45) is 5.41 Å². The number of phenolic OH excluding ortho intramolecular Hbond substituents is 1. The summed E-state index contributed by atoms with van der Waals surface area (Å²) in [5.74, 6) is 0.971. The molecule has 1 fully saturated rings. The first-order valence-corrected chi connectivity index (χ1v) is 10.3. The van der Waals surface area contributed by atoms with E-state index >= 15 is 0 Å². The third-order valence-electron chi connectivity index (χ3n) is 7.31. The van der Waals surface area contributed by atoms with Crippen molar-refractivity contribution in [2.75, 3.05) is 0 Å². The van der Waals surface area contributed by atoms with E-state index in [2.05, 4.69) is 19.9 Å². The molecule has 2 heteroatoms. The van der Waals surface area contributed by atoms with E-state index in [1.165, 1.54) is 49.7 Å². The van der Waals surface area contributed by atoms with Crippen molar-refractivity contribution < 1.29 is 10.2 Å². The summed E-state index contributed by atoms with van der Waals surface area (Å²) >= 11 is 0. The van der Waals surface area contributed by atoms with Gasteiger partial charge in [-0.25, -0.2) is 0 Å². The highest BCUT2D eigenvalue weighted by molar-refractivity contribution is 5.52. The Balaban J connectivity index is 1.73. The second kappa shape index (κ2) is 6.46. The van der Waals surface area contributed by atoms with Crippen molar-refractivity contribution in [3.05, 3.63) is 40.0 Å². The maximum absolute atomic E-state index is 10.5. The number of rotatable bonds is 4. The summed E-state index contributed by atoms with van der Waals surface area (Å²) in [5, 5.41) is 20.6. The molecule has 1 aromatic rings. The SMILES string of the molecule is CCCCCC12CCC3C(=C1C[C@@H](O)C2)CCc1c3ccc(O)c1C. The summed E-state index contributed by atoms with van der Waals surface area (Å²) in [6.45, 7) is 4.33. The van der Waals surface area contributed by atoms with Crippen molar-refractivity contribution in [3.8, 4) is 5.75 Å². The zero-order chi connectivity index (χ0) is 17.6. The average Bonchev–Trinajstić information content (AvgIpc) is 2.94. The molecular weight excluding hydrogens is 308 g/mol. The molecule has 0 aromatic heterocycles. The lowest BCUT2D eigenvalue weighted by Crippen LogP contribution is -2.29. The van der Waals surface area contributed by atoms with Gasteiger partial charge in [0, 0.05) is 5.92 Å². The van der Waals surface area contributed by atoms with Crippen LogP contribution in [0.4, 0.5) is 0 Å². The standard InChI is InChI=1S/C23H32O2/c1-3-4-5-11-23-12-10-19-18-8-9-22(25)15(2)17(18)6-7-20(19)21(23)13-16(24)14-23/h8-9,16,19,24-25H,3-7,10-14H2,1-2H3/t16-,19?,23?/m1/s1. The number of hydrogen-bond acceptors (Lipinski definition) is 2. The molecule has 3 aliphatic rings. The van der Waals surface area contributed by atoms with Gasteiger partial charge in [0.25, 0.3) is 0 Å². The maximum atomic E-state index is 10.5. The summed E-state index contributed by atoms with van der Waals surface area (Å²) in [4.78, 5) is 0. The van der Waals surface area contributed by atoms with Crippen LogP contribution in [0.15, 0.2) is 23.3 Å². The lowest BCUT2D eigenvalue weighted by Gasteiger charge is -2.43. The molecule has 0 radical (unpaired) electrons. The van der Waals surface area contributed by atoms with Crippen molar-refractivity contribution in [3.63, 3.8) is 0 Å². The Labute approximate surface area is 152 Å². The highest BCUT2D eigenvalue weighted by atomic mass is 16.3. The normalized spacial score (nSPS) is 30.8. The molecule has 4 rings (SSSR count). The molecular formula is C23H32O2. The molecule has 2 N–H and O–H groups in total. The molecule has 3 aliphatic carbocycles. The molecule has 0 aliphatic heterocycles. The molecule has 2 unspecified atom stereocenters. The summed E-state index contributed by atoms with van der Waals surface area (Å²) in [6, 6.07) is 4.05. The van der Waals surface area contributed by atoms with Crippen molar-refractivity contribution in [1.82, 2.24) is 0 Å². The number of aromatic hydroxyl groups is 1. The number of hydrogen-bond donors (Lipinski definition) is 2. The van der Waals surface area contributed by atoms with Crippen molar-refractivity contribution in [2.45, 2.75) is 90.1 Å². The number of unbranched alkanes of at least 4 members (excludes halogenated alkanes) is 2. The zero-order valence-corrected chi connectivity index (χ0v) is 15.8. The van der Waals surface area contributed by atoms with Crippen LogP contribution in [0.25, 0.3) is 0 Å². The quantitative estimate of drug-likeness (QED) is 0.558. The van der Waals surface area contributed by atoms with Gasteiger partial charge in [0.2, 0.25) is 0 Å². The molecule has 0 saturated heterocycles. The molecule has 0 amide bonds. The average molecular weight is 341 g/mol. The van der Waals surface area contributed by atoms with E-state index in [-0.39, 0.29) is 6.10 Å². The molecule has 1 saturated carbocycles. The van der Waals surface area contributed by atoms with Gasteiger partial charge in [0.05, 0.1) is 6.10 Å². The molecule has 0 bridgehead atoms. The first-order chi connectivity index (χ1) is 12.1.